The molecule has 2 heterocycles. The van der Waals surface area contributed by atoms with E-state index >= 15 is 0 Å². The van der Waals surface area contributed by atoms with Crippen molar-refractivity contribution in [1.29, 1.82) is 0 Å². The van der Waals surface area contributed by atoms with E-state index in [-0.39, 0.29) is 0 Å². The third kappa shape index (κ3) is 5.09. The smallest absolute Gasteiger partial charge is 0.180 e. The molecule has 1 aliphatic rings. The number of piperidine rings is 1. The van der Waals surface area contributed by atoms with Crippen molar-refractivity contribution in [1.82, 2.24) is 9.88 Å². The quantitative estimate of drug-likeness (QED) is 0.817. The predicted molar refractivity (Wildman–Crippen MR) is 102 cm³/mol. The maximum atomic E-state index is 5.71. The number of nitrogens with zero attached hydrogens (tertiary/aromatic N) is 2. The molecule has 3 rings (SSSR count). The monoisotopic (exact) mass is 361 g/mol. The number of aromatic nitrogens is 1. The molecule has 0 saturated carbocycles. The lowest BCUT2D eigenvalue weighted by atomic mass is 9.90. The van der Waals surface area contributed by atoms with Gasteiger partial charge in [0, 0.05) is 23.7 Å². The first-order valence-corrected chi connectivity index (χ1v) is 9.62. The summed E-state index contributed by atoms with van der Waals surface area (Å²) in [4.78, 5) is 7.91. The summed E-state index contributed by atoms with van der Waals surface area (Å²) in [6, 6.07) is 6.16. The van der Waals surface area contributed by atoms with Crippen molar-refractivity contribution < 1.29 is 9.47 Å². The van der Waals surface area contributed by atoms with Crippen LogP contribution in [0.1, 0.15) is 29.7 Å². The zero-order valence-electron chi connectivity index (χ0n) is 15.0. The summed E-state index contributed by atoms with van der Waals surface area (Å²) in [5, 5.41) is 0.665. The maximum absolute atomic E-state index is 5.71. The molecule has 0 unspecified atom stereocenters. The summed E-state index contributed by atoms with van der Waals surface area (Å²) in [6.07, 6.45) is 6.72. The van der Waals surface area contributed by atoms with Crippen molar-refractivity contribution in [2.45, 2.75) is 32.2 Å². The summed E-state index contributed by atoms with van der Waals surface area (Å²) in [5.74, 6) is 2.53. The maximum Gasteiger partial charge on any atom is 0.180 e. The molecule has 0 spiro atoms. The Hall–Kier alpha value is -1.79. The largest absolute Gasteiger partial charge is 0.497 e. The van der Waals surface area contributed by atoms with Gasteiger partial charge in [0.1, 0.15) is 11.5 Å². The summed E-state index contributed by atoms with van der Waals surface area (Å²) >= 11 is 1.60. The third-order valence-electron chi connectivity index (χ3n) is 4.91. The first-order chi connectivity index (χ1) is 12.2. The fourth-order valence-corrected chi connectivity index (χ4v) is 4.16. The Morgan fingerprint density at radius 1 is 1.16 bits per heavy atom. The summed E-state index contributed by atoms with van der Waals surface area (Å²) in [7, 11) is 3.40. The number of anilines is 1. The van der Waals surface area contributed by atoms with Crippen LogP contribution >= 0.6 is 11.3 Å². The molecule has 5 nitrogen and oxygen atoms in total. The second-order valence-electron chi connectivity index (χ2n) is 6.64. The number of aryl methyl sites for hydroxylation is 1. The van der Waals surface area contributed by atoms with Gasteiger partial charge in [-0.25, -0.2) is 4.98 Å². The topological polar surface area (TPSA) is 60.6 Å². The zero-order chi connectivity index (χ0) is 17.6. The molecular formula is C19H27N3O2S. The van der Waals surface area contributed by atoms with Gasteiger partial charge in [0.15, 0.2) is 5.13 Å². The van der Waals surface area contributed by atoms with Crippen LogP contribution in [0, 0.1) is 5.92 Å². The Balaban J connectivity index is 1.46. The van der Waals surface area contributed by atoms with Gasteiger partial charge in [-0.2, -0.15) is 0 Å². The van der Waals surface area contributed by atoms with Crippen molar-refractivity contribution in [2.75, 3.05) is 33.0 Å². The van der Waals surface area contributed by atoms with Gasteiger partial charge in [-0.3, -0.25) is 4.90 Å². The Morgan fingerprint density at radius 2 is 1.84 bits per heavy atom. The lowest BCUT2D eigenvalue weighted by Crippen LogP contribution is -2.33. The molecule has 0 radical (unpaired) electrons. The molecule has 1 fully saturated rings. The molecule has 1 aromatic carbocycles. The fraction of sp³-hybridized carbons (Fsp3) is 0.526. The Labute approximate surface area is 153 Å². The molecule has 2 aromatic rings. The molecule has 0 atom stereocenters. The van der Waals surface area contributed by atoms with E-state index in [1.165, 1.54) is 29.7 Å². The minimum atomic E-state index is 0.665. The van der Waals surface area contributed by atoms with Gasteiger partial charge in [0.25, 0.3) is 0 Å². The Bertz CT molecular complexity index is 659. The van der Waals surface area contributed by atoms with Gasteiger partial charge >= 0.3 is 0 Å². The lowest BCUT2D eigenvalue weighted by Gasteiger charge is -2.31. The fourth-order valence-electron chi connectivity index (χ4n) is 3.43. The average molecular weight is 362 g/mol. The summed E-state index contributed by atoms with van der Waals surface area (Å²) in [6.45, 7) is 3.29. The molecular weight excluding hydrogens is 334 g/mol. The first kappa shape index (κ1) is 18.0. The normalized spacial score (nSPS) is 16.1. The number of ether oxygens (including phenoxy) is 2. The van der Waals surface area contributed by atoms with Crippen molar-refractivity contribution in [3.8, 4) is 11.5 Å². The molecule has 6 heteroatoms. The van der Waals surface area contributed by atoms with E-state index in [4.69, 9.17) is 15.2 Å². The van der Waals surface area contributed by atoms with Gasteiger partial charge in [-0.15, -0.1) is 11.3 Å². The van der Waals surface area contributed by atoms with Crippen LogP contribution in [0.5, 0.6) is 11.5 Å². The molecule has 0 amide bonds. The molecule has 1 saturated heterocycles. The highest BCUT2D eigenvalue weighted by Gasteiger charge is 2.20. The summed E-state index contributed by atoms with van der Waals surface area (Å²) in [5.41, 5.74) is 7.00. The molecule has 2 N–H and O–H groups in total. The van der Waals surface area contributed by atoms with Crippen molar-refractivity contribution in [3.63, 3.8) is 0 Å². The number of thiazole rings is 1. The van der Waals surface area contributed by atoms with E-state index in [1.54, 1.807) is 25.6 Å². The standard InChI is InChI=1S/C19H27N3O2S/c1-23-16-9-15(10-17(11-16)24-2)4-3-14-5-7-22(8-6-14)13-18-12-21-19(20)25-18/h9-12,14H,3-8,13H2,1-2H3,(H2,20,21). The molecule has 1 aromatic heterocycles. The number of likely N-dealkylation sites (tertiary alicyclic amines) is 1. The van der Waals surface area contributed by atoms with Crippen molar-refractivity contribution in [3.05, 3.63) is 34.8 Å². The second kappa shape index (κ2) is 8.54. The van der Waals surface area contributed by atoms with Crippen LogP contribution in [-0.2, 0) is 13.0 Å². The van der Waals surface area contributed by atoms with Crippen LogP contribution in [0.4, 0.5) is 5.13 Å². The van der Waals surface area contributed by atoms with Crippen LogP contribution in [0.25, 0.3) is 0 Å². The third-order valence-corrected chi connectivity index (χ3v) is 5.72. The second-order valence-corrected chi connectivity index (χ2v) is 7.79. The van der Waals surface area contributed by atoms with Crippen LogP contribution < -0.4 is 15.2 Å². The summed E-state index contributed by atoms with van der Waals surface area (Å²) < 4.78 is 10.7. The average Bonchev–Trinajstić information content (AvgIpc) is 3.05. The first-order valence-electron chi connectivity index (χ1n) is 8.80. The molecule has 1 aliphatic heterocycles. The Morgan fingerprint density at radius 3 is 2.40 bits per heavy atom. The molecule has 25 heavy (non-hydrogen) atoms. The zero-order valence-corrected chi connectivity index (χ0v) is 15.8. The molecule has 0 aliphatic carbocycles. The number of nitrogens with two attached hydrogens (primary N) is 1. The van der Waals surface area contributed by atoms with Crippen molar-refractivity contribution >= 4 is 16.5 Å². The highest BCUT2D eigenvalue weighted by atomic mass is 32.1. The van der Waals surface area contributed by atoms with Crippen molar-refractivity contribution in [2.24, 2.45) is 5.92 Å². The van der Waals surface area contributed by atoms with E-state index in [0.29, 0.717) is 5.13 Å². The molecule has 0 bridgehead atoms. The van der Waals surface area contributed by atoms with Crippen LogP contribution in [0.15, 0.2) is 24.4 Å². The number of benzene rings is 1. The van der Waals surface area contributed by atoms with Gasteiger partial charge < -0.3 is 15.2 Å². The van der Waals surface area contributed by atoms with Crippen LogP contribution in [0.3, 0.4) is 0 Å². The molecule has 136 valence electrons. The van der Waals surface area contributed by atoms with Gasteiger partial charge in [0.2, 0.25) is 0 Å². The minimum absolute atomic E-state index is 0.665. The highest BCUT2D eigenvalue weighted by molar-refractivity contribution is 7.15. The highest BCUT2D eigenvalue weighted by Crippen LogP contribution is 2.28. The lowest BCUT2D eigenvalue weighted by molar-refractivity contribution is 0.173. The number of nitrogen functional groups attached to an aromatic ring is 1. The van der Waals surface area contributed by atoms with Gasteiger partial charge in [-0.05, 0) is 62.4 Å². The van der Waals surface area contributed by atoms with Gasteiger partial charge in [0.05, 0.1) is 14.2 Å². The number of hydrogen-bond donors (Lipinski definition) is 1. The number of rotatable bonds is 7. The van der Waals surface area contributed by atoms with Crippen LogP contribution in [-0.4, -0.2) is 37.2 Å². The number of hydrogen-bond acceptors (Lipinski definition) is 6. The van der Waals surface area contributed by atoms with E-state index in [0.717, 1.165) is 43.5 Å². The van der Waals surface area contributed by atoms with E-state index in [2.05, 4.69) is 22.0 Å². The Kier molecular flexibility index (Phi) is 6.15. The minimum Gasteiger partial charge on any atom is -0.497 e. The SMILES string of the molecule is COc1cc(CCC2CCN(Cc3cnc(N)s3)CC2)cc(OC)c1. The van der Waals surface area contributed by atoms with E-state index < -0.39 is 0 Å². The van der Waals surface area contributed by atoms with E-state index in [9.17, 15) is 0 Å². The predicted octanol–water partition coefficient (Wildman–Crippen LogP) is 3.59. The van der Waals surface area contributed by atoms with Gasteiger partial charge in [-0.1, -0.05) is 0 Å². The van der Waals surface area contributed by atoms with Crippen LogP contribution in [0.2, 0.25) is 0 Å². The van der Waals surface area contributed by atoms with E-state index in [1.807, 2.05) is 12.3 Å². The number of methoxy groups -OCH3 is 2.